The van der Waals surface area contributed by atoms with E-state index in [1.807, 2.05) is 11.8 Å². The predicted octanol–water partition coefficient (Wildman–Crippen LogP) is 2.13. The standard InChI is InChI=1S/C9H15F2NS/c1-8(2)7(5-13-8)12-4-6-3-9(6,10)11/h6-7,12H,3-5H2,1-2H3. The third-order valence-electron chi connectivity index (χ3n) is 3.03. The Morgan fingerprint density at radius 3 is 2.38 bits per heavy atom. The number of hydrogen-bond donors (Lipinski definition) is 1. The molecule has 1 aliphatic heterocycles. The lowest BCUT2D eigenvalue weighted by Gasteiger charge is -2.44. The van der Waals surface area contributed by atoms with Gasteiger partial charge < -0.3 is 5.32 Å². The van der Waals surface area contributed by atoms with Crippen molar-refractivity contribution in [2.75, 3.05) is 12.3 Å². The van der Waals surface area contributed by atoms with Gasteiger partial charge in [-0.2, -0.15) is 11.8 Å². The molecule has 0 spiro atoms. The lowest BCUT2D eigenvalue weighted by Crippen LogP contribution is -2.55. The summed E-state index contributed by atoms with van der Waals surface area (Å²) >= 11 is 1.89. The Morgan fingerprint density at radius 2 is 2.08 bits per heavy atom. The number of rotatable bonds is 3. The summed E-state index contributed by atoms with van der Waals surface area (Å²) in [7, 11) is 0. The Labute approximate surface area is 81.7 Å². The van der Waals surface area contributed by atoms with E-state index < -0.39 is 11.8 Å². The molecule has 0 amide bonds. The van der Waals surface area contributed by atoms with Crippen LogP contribution in [0.3, 0.4) is 0 Å². The SMILES string of the molecule is CC1(C)SCC1NCC1CC1(F)F. The fourth-order valence-corrected chi connectivity index (χ4v) is 2.78. The lowest BCUT2D eigenvalue weighted by molar-refractivity contribution is 0.0977. The zero-order valence-corrected chi connectivity index (χ0v) is 8.76. The molecule has 76 valence electrons. The van der Waals surface area contributed by atoms with Crippen LogP contribution >= 0.6 is 11.8 Å². The van der Waals surface area contributed by atoms with Crippen LogP contribution in [0, 0.1) is 5.92 Å². The van der Waals surface area contributed by atoms with Crippen LogP contribution in [0.1, 0.15) is 20.3 Å². The van der Waals surface area contributed by atoms with E-state index in [4.69, 9.17) is 0 Å². The second-order valence-electron chi connectivity index (χ2n) is 4.54. The third-order valence-corrected chi connectivity index (χ3v) is 4.56. The second kappa shape index (κ2) is 2.83. The number of nitrogens with one attached hydrogen (secondary N) is 1. The molecule has 0 aromatic carbocycles. The molecular formula is C9H15F2NS. The molecule has 2 fully saturated rings. The van der Waals surface area contributed by atoms with Gasteiger partial charge in [-0.05, 0) is 13.8 Å². The molecule has 13 heavy (non-hydrogen) atoms. The van der Waals surface area contributed by atoms with E-state index in [-0.39, 0.29) is 11.2 Å². The van der Waals surface area contributed by atoms with Gasteiger partial charge in [0.25, 0.3) is 5.92 Å². The summed E-state index contributed by atoms with van der Waals surface area (Å²) in [5.41, 5.74) is 0. The first kappa shape index (κ1) is 9.71. The molecule has 0 aromatic heterocycles. The molecule has 1 aliphatic carbocycles. The molecule has 1 nitrogen and oxygen atoms in total. The number of halogens is 2. The summed E-state index contributed by atoms with van der Waals surface area (Å²) in [6, 6.07) is 0.425. The normalized spacial score (nSPS) is 39.7. The lowest BCUT2D eigenvalue weighted by atomic mass is 10.0. The fraction of sp³-hybridized carbons (Fsp3) is 1.00. The van der Waals surface area contributed by atoms with Gasteiger partial charge in [-0.3, -0.25) is 0 Å². The fourth-order valence-electron chi connectivity index (χ4n) is 1.58. The largest absolute Gasteiger partial charge is 0.311 e. The van der Waals surface area contributed by atoms with Crippen molar-refractivity contribution >= 4 is 11.8 Å². The molecule has 1 heterocycles. The van der Waals surface area contributed by atoms with Gasteiger partial charge in [0.1, 0.15) is 0 Å². The van der Waals surface area contributed by atoms with Crippen molar-refractivity contribution in [3.8, 4) is 0 Å². The van der Waals surface area contributed by atoms with Crippen molar-refractivity contribution in [1.82, 2.24) is 5.32 Å². The van der Waals surface area contributed by atoms with Gasteiger partial charge in [0.05, 0.1) is 0 Å². The van der Waals surface area contributed by atoms with Gasteiger partial charge in [-0.25, -0.2) is 8.78 Å². The zero-order valence-electron chi connectivity index (χ0n) is 7.94. The van der Waals surface area contributed by atoms with E-state index in [0.717, 1.165) is 5.75 Å². The van der Waals surface area contributed by atoms with Crippen LogP contribution in [0.4, 0.5) is 8.78 Å². The summed E-state index contributed by atoms with van der Waals surface area (Å²) in [5.74, 6) is -1.70. The Balaban J connectivity index is 1.70. The summed E-state index contributed by atoms with van der Waals surface area (Å²) in [4.78, 5) is 0. The summed E-state index contributed by atoms with van der Waals surface area (Å²) in [6.07, 6.45) is 0.0836. The zero-order chi connectivity index (χ0) is 9.69. The molecule has 0 bridgehead atoms. The van der Waals surface area contributed by atoms with E-state index in [1.54, 1.807) is 0 Å². The highest BCUT2D eigenvalue weighted by molar-refractivity contribution is 8.02. The van der Waals surface area contributed by atoms with Gasteiger partial charge in [0.15, 0.2) is 0 Å². The molecule has 1 saturated carbocycles. The highest BCUT2D eigenvalue weighted by Gasteiger charge is 2.56. The average Bonchev–Trinajstić information content (AvgIpc) is 2.57. The molecule has 1 N–H and O–H groups in total. The van der Waals surface area contributed by atoms with Crippen molar-refractivity contribution in [3.63, 3.8) is 0 Å². The summed E-state index contributed by atoms with van der Waals surface area (Å²) in [6.45, 7) is 4.80. The first-order chi connectivity index (χ1) is 5.92. The first-order valence-corrected chi connectivity index (χ1v) is 5.65. The van der Waals surface area contributed by atoms with Gasteiger partial charge >= 0.3 is 0 Å². The molecule has 0 radical (unpaired) electrons. The van der Waals surface area contributed by atoms with Gasteiger partial charge in [0, 0.05) is 35.4 Å². The van der Waals surface area contributed by atoms with Crippen molar-refractivity contribution in [2.24, 2.45) is 5.92 Å². The topological polar surface area (TPSA) is 12.0 Å². The average molecular weight is 207 g/mol. The van der Waals surface area contributed by atoms with Crippen LogP contribution in [0.25, 0.3) is 0 Å². The Morgan fingerprint density at radius 1 is 1.46 bits per heavy atom. The quantitative estimate of drug-likeness (QED) is 0.761. The molecule has 1 saturated heterocycles. The minimum absolute atomic E-state index is 0.0836. The van der Waals surface area contributed by atoms with Crippen LogP contribution in [0.5, 0.6) is 0 Å². The maximum atomic E-state index is 12.5. The third kappa shape index (κ3) is 1.84. The molecule has 2 aliphatic rings. The molecule has 2 atom stereocenters. The van der Waals surface area contributed by atoms with Crippen molar-refractivity contribution in [3.05, 3.63) is 0 Å². The summed E-state index contributed by atoms with van der Waals surface area (Å²) in [5, 5.41) is 3.23. The highest BCUT2D eigenvalue weighted by Crippen LogP contribution is 2.48. The van der Waals surface area contributed by atoms with Crippen molar-refractivity contribution in [1.29, 1.82) is 0 Å². The second-order valence-corrected chi connectivity index (χ2v) is 6.21. The minimum atomic E-state index is -2.37. The molecule has 4 heteroatoms. The molecule has 0 aromatic rings. The van der Waals surface area contributed by atoms with Crippen molar-refractivity contribution < 1.29 is 8.78 Å². The van der Waals surface area contributed by atoms with Gasteiger partial charge in [0.2, 0.25) is 0 Å². The first-order valence-electron chi connectivity index (χ1n) is 4.67. The Hall–Kier alpha value is 0.170. The Kier molecular flexibility index (Phi) is 2.11. The smallest absolute Gasteiger partial charge is 0.252 e. The number of thioether (sulfide) groups is 1. The van der Waals surface area contributed by atoms with E-state index in [1.165, 1.54) is 0 Å². The predicted molar refractivity (Wildman–Crippen MR) is 51.4 cm³/mol. The Bertz CT molecular complexity index is 218. The van der Waals surface area contributed by atoms with E-state index in [0.29, 0.717) is 12.6 Å². The van der Waals surface area contributed by atoms with Crippen LogP contribution in [0.15, 0.2) is 0 Å². The van der Waals surface area contributed by atoms with Crippen LogP contribution in [-0.2, 0) is 0 Å². The van der Waals surface area contributed by atoms with E-state index in [9.17, 15) is 8.78 Å². The van der Waals surface area contributed by atoms with Crippen LogP contribution < -0.4 is 5.32 Å². The number of hydrogen-bond acceptors (Lipinski definition) is 2. The van der Waals surface area contributed by atoms with Crippen LogP contribution in [-0.4, -0.2) is 29.0 Å². The molecular weight excluding hydrogens is 192 g/mol. The van der Waals surface area contributed by atoms with Gasteiger partial charge in [-0.1, -0.05) is 0 Å². The highest BCUT2D eigenvalue weighted by atomic mass is 32.2. The monoisotopic (exact) mass is 207 g/mol. The van der Waals surface area contributed by atoms with E-state index >= 15 is 0 Å². The number of alkyl halides is 2. The van der Waals surface area contributed by atoms with Crippen molar-refractivity contribution in [2.45, 2.75) is 37.0 Å². The molecule has 2 rings (SSSR count). The van der Waals surface area contributed by atoms with Crippen LogP contribution in [0.2, 0.25) is 0 Å². The van der Waals surface area contributed by atoms with E-state index in [2.05, 4.69) is 19.2 Å². The maximum absolute atomic E-state index is 12.5. The van der Waals surface area contributed by atoms with Gasteiger partial charge in [-0.15, -0.1) is 0 Å². The maximum Gasteiger partial charge on any atom is 0.252 e. The summed E-state index contributed by atoms with van der Waals surface area (Å²) < 4.78 is 25.3. The minimum Gasteiger partial charge on any atom is -0.311 e. The molecule has 2 unspecified atom stereocenters.